The summed E-state index contributed by atoms with van der Waals surface area (Å²) in [5, 5.41) is 0. The maximum Gasteiger partial charge on any atom is 0.246 e. The molecule has 1 aromatic rings. The van der Waals surface area contributed by atoms with E-state index in [-0.39, 0.29) is 22.7 Å². The Kier molecular flexibility index (Phi) is 4.92. The number of carbonyl (C=O) groups is 2. The van der Waals surface area contributed by atoms with E-state index in [0.717, 1.165) is 11.3 Å². The van der Waals surface area contributed by atoms with Gasteiger partial charge in [0.05, 0.1) is 10.6 Å². The van der Waals surface area contributed by atoms with Gasteiger partial charge >= 0.3 is 0 Å². The fraction of sp³-hybridized carbons (Fsp3) is 0.529. The number of hydrogen-bond donors (Lipinski definition) is 0. The molecule has 0 unspecified atom stereocenters. The van der Waals surface area contributed by atoms with E-state index in [9.17, 15) is 9.59 Å². The van der Waals surface area contributed by atoms with Crippen molar-refractivity contribution in [2.45, 2.75) is 31.3 Å². The number of fused-ring (bicyclic) bond motifs is 1. The van der Waals surface area contributed by atoms with Crippen LogP contribution in [0.3, 0.4) is 0 Å². The number of likely N-dealkylation sites (N-methyl/N-ethyl adjacent to an activating group) is 1. The lowest BCUT2D eigenvalue weighted by Crippen LogP contribution is -2.57. The second kappa shape index (κ2) is 6.77. The summed E-state index contributed by atoms with van der Waals surface area (Å²) in [6.07, 6.45) is 0. The number of thioether (sulfide) groups is 2. The minimum Gasteiger partial charge on any atom is -0.337 e. The molecule has 3 rings (SSSR count). The fourth-order valence-corrected chi connectivity index (χ4v) is 5.91. The van der Waals surface area contributed by atoms with Crippen LogP contribution in [0.2, 0.25) is 0 Å². The number of carbonyl (C=O) groups excluding carboxylic acids is 2. The molecule has 2 aliphatic heterocycles. The first kappa shape index (κ1) is 16.7. The largest absolute Gasteiger partial charge is 0.337 e. The summed E-state index contributed by atoms with van der Waals surface area (Å²) in [7, 11) is 0. The number of rotatable bonds is 4. The Morgan fingerprint density at radius 2 is 2.13 bits per heavy atom. The molecular weight excluding hydrogens is 328 g/mol. The molecule has 1 aromatic carbocycles. The summed E-state index contributed by atoms with van der Waals surface area (Å²) in [6.45, 7) is 5.34. The maximum atomic E-state index is 13.0. The molecule has 0 radical (unpaired) electrons. The topological polar surface area (TPSA) is 40.6 Å². The third-order valence-electron chi connectivity index (χ3n) is 4.43. The van der Waals surface area contributed by atoms with Crippen LogP contribution in [0, 0.1) is 0 Å². The Bertz CT molecular complexity index is 596. The monoisotopic (exact) mass is 350 g/mol. The zero-order valence-corrected chi connectivity index (χ0v) is 15.2. The van der Waals surface area contributed by atoms with Gasteiger partial charge in [0.25, 0.3) is 0 Å². The standard InChI is InChI=1S/C17H22N2O2S2/c1-3-18(9-13-7-5-4-6-8-13)16(21)14-10-23-17(2)12-22-11-15(20)19(14)17/h4-8,14H,3,9-12H2,1-2H3/t14-,17+/m1/s1. The Morgan fingerprint density at radius 3 is 2.83 bits per heavy atom. The van der Waals surface area contributed by atoms with Gasteiger partial charge in [0.1, 0.15) is 6.04 Å². The van der Waals surface area contributed by atoms with Crippen LogP contribution in [-0.2, 0) is 16.1 Å². The zero-order valence-electron chi connectivity index (χ0n) is 13.5. The van der Waals surface area contributed by atoms with Crippen LogP contribution in [0.4, 0.5) is 0 Å². The van der Waals surface area contributed by atoms with Gasteiger partial charge in [-0.25, -0.2) is 0 Å². The highest BCUT2D eigenvalue weighted by molar-refractivity contribution is 8.04. The van der Waals surface area contributed by atoms with Gasteiger partial charge in [0.2, 0.25) is 11.8 Å². The van der Waals surface area contributed by atoms with Gasteiger partial charge in [0.15, 0.2) is 0 Å². The van der Waals surface area contributed by atoms with E-state index in [1.807, 2.05) is 47.1 Å². The first-order valence-corrected chi connectivity index (χ1v) is 10.1. The van der Waals surface area contributed by atoms with Gasteiger partial charge in [-0.05, 0) is 19.4 Å². The lowest BCUT2D eigenvalue weighted by atomic mass is 10.1. The number of amides is 2. The highest BCUT2D eigenvalue weighted by Crippen LogP contribution is 2.44. The lowest BCUT2D eigenvalue weighted by Gasteiger charge is -2.41. The van der Waals surface area contributed by atoms with Crippen molar-refractivity contribution in [3.05, 3.63) is 35.9 Å². The maximum absolute atomic E-state index is 13.0. The molecule has 23 heavy (non-hydrogen) atoms. The highest BCUT2D eigenvalue weighted by Gasteiger charge is 2.51. The zero-order chi connectivity index (χ0) is 16.4. The van der Waals surface area contributed by atoms with Gasteiger partial charge < -0.3 is 9.80 Å². The smallest absolute Gasteiger partial charge is 0.246 e. The Balaban J connectivity index is 1.77. The van der Waals surface area contributed by atoms with Gasteiger partial charge in [-0.15, -0.1) is 23.5 Å². The predicted molar refractivity (Wildman–Crippen MR) is 96.4 cm³/mol. The molecule has 2 aliphatic rings. The number of benzene rings is 1. The van der Waals surface area contributed by atoms with Gasteiger partial charge in [-0.3, -0.25) is 9.59 Å². The summed E-state index contributed by atoms with van der Waals surface area (Å²) in [6, 6.07) is 9.70. The van der Waals surface area contributed by atoms with E-state index in [0.29, 0.717) is 24.6 Å². The molecule has 4 nitrogen and oxygen atoms in total. The molecule has 0 aliphatic carbocycles. The summed E-state index contributed by atoms with van der Waals surface area (Å²) in [5.74, 6) is 2.27. The van der Waals surface area contributed by atoms with Crippen molar-refractivity contribution in [2.75, 3.05) is 23.8 Å². The van der Waals surface area contributed by atoms with Crippen molar-refractivity contribution in [1.29, 1.82) is 0 Å². The molecular formula is C17H22N2O2S2. The second-order valence-electron chi connectivity index (χ2n) is 6.10. The fourth-order valence-electron chi connectivity index (χ4n) is 3.22. The highest BCUT2D eigenvalue weighted by atomic mass is 32.2. The Labute approximate surface area is 146 Å². The normalized spacial score (nSPS) is 27.0. The first-order valence-electron chi connectivity index (χ1n) is 7.92. The molecule has 0 spiro atoms. The van der Waals surface area contributed by atoms with Gasteiger partial charge in [0, 0.05) is 24.6 Å². The van der Waals surface area contributed by atoms with Crippen LogP contribution >= 0.6 is 23.5 Å². The minimum atomic E-state index is -0.318. The van der Waals surface area contributed by atoms with Crippen molar-refractivity contribution in [3.63, 3.8) is 0 Å². The third kappa shape index (κ3) is 3.24. The Morgan fingerprint density at radius 1 is 1.39 bits per heavy atom. The van der Waals surface area contributed by atoms with E-state index in [4.69, 9.17) is 0 Å². The van der Waals surface area contributed by atoms with E-state index in [1.165, 1.54) is 0 Å². The van der Waals surface area contributed by atoms with Crippen molar-refractivity contribution < 1.29 is 9.59 Å². The first-order chi connectivity index (χ1) is 11.0. The van der Waals surface area contributed by atoms with Crippen molar-refractivity contribution in [1.82, 2.24) is 9.80 Å². The molecule has 2 fully saturated rings. The van der Waals surface area contributed by atoms with E-state index < -0.39 is 0 Å². The predicted octanol–water partition coefficient (Wildman–Crippen LogP) is 2.44. The van der Waals surface area contributed by atoms with Crippen LogP contribution in [0.15, 0.2) is 30.3 Å². The molecule has 2 saturated heterocycles. The van der Waals surface area contributed by atoms with Gasteiger partial charge in [-0.2, -0.15) is 0 Å². The summed E-state index contributed by atoms with van der Waals surface area (Å²) < 4.78 is 0. The van der Waals surface area contributed by atoms with Crippen LogP contribution in [-0.4, -0.2) is 56.3 Å². The minimum absolute atomic E-state index is 0.0767. The van der Waals surface area contributed by atoms with E-state index >= 15 is 0 Å². The van der Waals surface area contributed by atoms with Crippen LogP contribution < -0.4 is 0 Å². The lowest BCUT2D eigenvalue weighted by molar-refractivity contribution is -0.145. The van der Waals surface area contributed by atoms with E-state index in [2.05, 4.69) is 6.92 Å². The van der Waals surface area contributed by atoms with Crippen molar-refractivity contribution in [2.24, 2.45) is 0 Å². The quantitative estimate of drug-likeness (QED) is 0.836. The molecule has 2 heterocycles. The average molecular weight is 351 g/mol. The molecule has 0 bridgehead atoms. The molecule has 0 saturated carbocycles. The third-order valence-corrected chi connectivity index (χ3v) is 7.28. The average Bonchev–Trinajstić information content (AvgIpc) is 2.92. The summed E-state index contributed by atoms with van der Waals surface area (Å²) >= 11 is 3.41. The number of nitrogens with zero attached hydrogens (tertiary/aromatic N) is 2. The number of hydrogen-bond acceptors (Lipinski definition) is 4. The SMILES string of the molecule is CCN(Cc1ccccc1)C(=O)[C@H]1CS[C@@]2(C)CSCC(=O)N12. The van der Waals surface area contributed by atoms with Crippen molar-refractivity contribution >= 4 is 35.3 Å². The van der Waals surface area contributed by atoms with Crippen LogP contribution in [0.25, 0.3) is 0 Å². The van der Waals surface area contributed by atoms with Crippen LogP contribution in [0.5, 0.6) is 0 Å². The van der Waals surface area contributed by atoms with Crippen LogP contribution in [0.1, 0.15) is 19.4 Å². The Hall–Kier alpha value is -1.14. The molecule has 2 amide bonds. The molecule has 0 aromatic heterocycles. The van der Waals surface area contributed by atoms with Crippen molar-refractivity contribution in [3.8, 4) is 0 Å². The van der Waals surface area contributed by atoms with E-state index in [1.54, 1.807) is 23.5 Å². The molecule has 6 heteroatoms. The van der Waals surface area contributed by atoms with Gasteiger partial charge in [-0.1, -0.05) is 30.3 Å². The molecule has 0 N–H and O–H groups in total. The molecule has 124 valence electrons. The second-order valence-corrected chi connectivity index (χ2v) is 8.58. The summed E-state index contributed by atoms with van der Waals surface area (Å²) in [5.41, 5.74) is 1.12. The summed E-state index contributed by atoms with van der Waals surface area (Å²) in [4.78, 5) is 28.9. The molecule has 2 atom stereocenters.